The summed E-state index contributed by atoms with van der Waals surface area (Å²) >= 11 is 6.01. The zero-order valence-electron chi connectivity index (χ0n) is 8.45. The molecule has 0 saturated heterocycles. The molecule has 0 radical (unpaired) electrons. The van der Waals surface area contributed by atoms with Crippen LogP contribution in [0.1, 0.15) is 16.1 Å². The van der Waals surface area contributed by atoms with Gasteiger partial charge in [0.25, 0.3) is 0 Å². The van der Waals surface area contributed by atoms with E-state index in [2.05, 4.69) is 4.74 Å². The van der Waals surface area contributed by atoms with Crippen molar-refractivity contribution in [1.82, 2.24) is 4.09 Å². The molecule has 15 heavy (non-hydrogen) atoms. The van der Waals surface area contributed by atoms with E-state index >= 15 is 0 Å². The van der Waals surface area contributed by atoms with Crippen LogP contribution in [-0.2, 0) is 4.74 Å². The number of carbonyl (C=O) groups excluding carboxylic acids is 1. The summed E-state index contributed by atoms with van der Waals surface area (Å²) in [5, 5.41) is 0.936. The zero-order valence-corrected chi connectivity index (χ0v) is 9.21. The van der Waals surface area contributed by atoms with Gasteiger partial charge in [-0.3, -0.25) is 4.09 Å². The summed E-state index contributed by atoms with van der Waals surface area (Å²) in [6.07, 6.45) is 0. The number of rotatable bonds is 1. The molecule has 0 aliphatic carbocycles. The molecule has 3 nitrogen and oxygen atoms in total. The fraction of sp³-hybridized carbons (Fsp3) is 0.182. The Morgan fingerprint density at radius 2 is 2.13 bits per heavy atom. The van der Waals surface area contributed by atoms with Crippen LogP contribution in [0.2, 0.25) is 0 Å². The Hall–Kier alpha value is -1.48. The lowest BCUT2D eigenvalue weighted by Crippen LogP contribution is -2.00. The average Bonchev–Trinajstić information content (AvgIpc) is 2.53. The predicted molar refractivity (Wildman–Crippen MR) is 59.3 cm³/mol. The molecular weight excluding hydrogens is 214 g/mol. The third-order valence-electron chi connectivity index (χ3n) is 2.33. The van der Waals surface area contributed by atoms with Crippen LogP contribution in [0.15, 0.2) is 24.3 Å². The fourth-order valence-corrected chi connectivity index (χ4v) is 1.77. The number of carbonyl (C=O) groups is 1. The van der Waals surface area contributed by atoms with Crippen molar-refractivity contribution < 1.29 is 9.53 Å². The van der Waals surface area contributed by atoms with Crippen LogP contribution in [-0.4, -0.2) is 17.2 Å². The van der Waals surface area contributed by atoms with Crippen LogP contribution in [0.4, 0.5) is 0 Å². The van der Waals surface area contributed by atoms with E-state index in [9.17, 15) is 4.79 Å². The molecule has 1 aromatic carbocycles. The molecule has 78 valence electrons. The topological polar surface area (TPSA) is 31.2 Å². The molecule has 2 rings (SSSR count). The molecule has 0 aliphatic heterocycles. The van der Waals surface area contributed by atoms with Crippen LogP contribution in [0.3, 0.4) is 0 Å². The second-order valence-corrected chi connectivity index (χ2v) is 3.67. The Morgan fingerprint density at radius 1 is 1.40 bits per heavy atom. The van der Waals surface area contributed by atoms with Crippen molar-refractivity contribution in [3.8, 4) is 0 Å². The van der Waals surface area contributed by atoms with Crippen LogP contribution in [0.5, 0.6) is 0 Å². The van der Waals surface area contributed by atoms with Crippen molar-refractivity contribution in [2.24, 2.45) is 0 Å². The van der Waals surface area contributed by atoms with Crippen molar-refractivity contribution >= 4 is 28.6 Å². The van der Waals surface area contributed by atoms with Crippen molar-refractivity contribution in [3.63, 3.8) is 0 Å². The van der Waals surface area contributed by atoms with Gasteiger partial charge in [-0.05, 0) is 31.2 Å². The van der Waals surface area contributed by atoms with Crippen molar-refractivity contribution in [2.45, 2.75) is 6.92 Å². The predicted octanol–water partition coefficient (Wildman–Crippen LogP) is 2.74. The van der Waals surface area contributed by atoms with Gasteiger partial charge in [0.1, 0.15) is 0 Å². The van der Waals surface area contributed by atoms with Gasteiger partial charge >= 0.3 is 5.97 Å². The first-order valence-corrected chi connectivity index (χ1v) is 4.84. The quantitative estimate of drug-likeness (QED) is 0.696. The van der Waals surface area contributed by atoms with Gasteiger partial charge in [-0.25, -0.2) is 4.79 Å². The van der Waals surface area contributed by atoms with Gasteiger partial charge < -0.3 is 4.74 Å². The second-order valence-electron chi connectivity index (χ2n) is 3.33. The number of hydrogen-bond acceptors (Lipinski definition) is 2. The molecule has 0 amide bonds. The third kappa shape index (κ3) is 1.59. The first-order valence-electron chi connectivity index (χ1n) is 4.50. The van der Waals surface area contributed by atoms with E-state index in [-0.39, 0.29) is 5.97 Å². The summed E-state index contributed by atoms with van der Waals surface area (Å²) in [5.41, 5.74) is 2.36. The first kappa shape index (κ1) is 10.1. The van der Waals surface area contributed by atoms with E-state index in [0.717, 1.165) is 16.6 Å². The van der Waals surface area contributed by atoms with E-state index in [1.807, 2.05) is 19.1 Å². The van der Waals surface area contributed by atoms with Gasteiger partial charge in [-0.2, -0.15) is 0 Å². The Labute approximate surface area is 92.3 Å². The summed E-state index contributed by atoms with van der Waals surface area (Å²) in [4.78, 5) is 11.3. The highest BCUT2D eigenvalue weighted by Crippen LogP contribution is 2.22. The molecule has 0 bridgehead atoms. The number of fused-ring (bicyclic) bond motifs is 1. The summed E-state index contributed by atoms with van der Waals surface area (Å²) in [6, 6.07) is 7.20. The number of hydrogen-bond donors (Lipinski definition) is 0. The van der Waals surface area contributed by atoms with Crippen LogP contribution in [0, 0.1) is 6.92 Å². The van der Waals surface area contributed by atoms with Crippen LogP contribution >= 0.6 is 11.8 Å². The van der Waals surface area contributed by atoms with Gasteiger partial charge in [0.15, 0.2) is 0 Å². The highest BCUT2D eigenvalue weighted by atomic mass is 35.5. The molecule has 2 aromatic rings. The van der Waals surface area contributed by atoms with E-state index < -0.39 is 0 Å². The number of benzene rings is 1. The molecule has 0 atom stereocenters. The van der Waals surface area contributed by atoms with E-state index in [1.54, 1.807) is 16.2 Å². The van der Waals surface area contributed by atoms with E-state index in [4.69, 9.17) is 11.8 Å². The standard InChI is InChI=1S/C11H10ClNO2/c1-7-5-9-6-8(11(14)15-2)3-4-10(9)13(7)12/h3-6H,1-2H3. The number of ether oxygens (including phenoxy) is 1. The highest BCUT2D eigenvalue weighted by molar-refractivity contribution is 6.19. The van der Waals surface area contributed by atoms with Crippen LogP contribution < -0.4 is 0 Å². The minimum atomic E-state index is -0.336. The van der Waals surface area contributed by atoms with Gasteiger partial charge in [0, 0.05) is 22.9 Å². The maximum Gasteiger partial charge on any atom is 0.337 e. The normalized spacial score (nSPS) is 10.6. The molecule has 0 saturated carbocycles. The average molecular weight is 224 g/mol. The SMILES string of the molecule is COC(=O)c1ccc2c(c1)cc(C)n2Cl. The van der Waals surface area contributed by atoms with E-state index in [0.29, 0.717) is 5.56 Å². The fourth-order valence-electron chi connectivity index (χ4n) is 1.57. The maximum atomic E-state index is 11.3. The van der Waals surface area contributed by atoms with E-state index in [1.165, 1.54) is 7.11 Å². The smallest absolute Gasteiger partial charge is 0.337 e. The summed E-state index contributed by atoms with van der Waals surface area (Å²) in [5.74, 6) is -0.336. The number of halogens is 1. The summed E-state index contributed by atoms with van der Waals surface area (Å²) < 4.78 is 6.21. The van der Waals surface area contributed by atoms with Gasteiger partial charge in [0.2, 0.25) is 0 Å². The number of methoxy groups -OCH3 is 1. The Bertz CT molecular complexity index is 531. The van der Waals surface area contributed by atoms with Gasteiger partial charge in [-0.1, -0.05) is 0 Å². The Morgan fingerprint density at radius 3 is 2.80 bits per heavy atom. The third-order valence-corrected chi connectivity index (χ3v) is 2.78. The molecule has 1 heterocycles. The minimum absolute atomic E-state index is 0.336. The number of aromatic nitrogens is 1. The van der Waals surface area contributed by atoms with Gasteiger partial charge in [0.05, 0.1) is 18.2 Å². The monoisotopic (exact) mass is 223 g/mol. The first-order chi connectivity index (χ1) is 7.13. The van der Waals surface area contributed by atoms with Crippen LogP contribution in [0.25, 0.3) is 10.9 Å². The van der Waals surface area contributed by atoms with Crippen molar-refractivity contribution in [3.05, 3.63) is 35.5 Å². The molecule has 0 fully saturated rings. The molecule has 0 unspecified atom stereocenters. The number of aryl methyl sites for hydroxylation is 1. The summed E-state index contributed by atoms with van der Waals surface area (Å²) in [7, 11) is 1.37. The van der Waals surface area contributed by atoms with Crippen molar-refractivity contribution in [1.29, 1.82) is 0 Å². The van der Waals surface area contributed by atoms with Gasteiger partial charge in [-0.15, -0.1) is 0 Å². The molecule has 1 aromatic heterocycles. The lowest BCUT2D eigenvalue weighted by Gasteiger charge is -1.99. The lowest BCUT2D eigenvalue weighted by molar-refractivity contribution is 0.0601. The second kappa shape index (κ2) is 3.59. The zero-order chi connectivity index (χ0) is 11.0. The van der Waals surface area contributed by atoms with Crippen molar-refractivity contribution in [2.75, 3.05) is 7.11 Å². The lowest BCUT2D eigenvalue weighted by atomic mass is 10.1. The Balaban J connectivity index is 2.62. The largest absolute Gasteiger partial charge is 0.465 e. The number of esters is 1. The number of nitrogens with zero attached hydrogens (tertiary/aromatic N) is 1. The molecular formula is C11H10ClNO2. The molecule has 0 spiro atoms. The molecule has 4 heteroatoms. The minimum Gasteiger partial charge on any atom is -0.465 e. The molecule has 0 aliphatic rings. The maximum absolute atomic E-state index is 11.3. The highest BCUT2D eigenvalue weighted by Gasteiger charge is 2.09. The molecule has 0 N–H and O–H groups in total. The summed E-state index contributed by atoms with van der Waals surface area (Å²) in [6.45, 7) is 1.91. The Kier molecular flexibility index (Phi) is 2.40.